The summed E-state index contributed by atoms with van der Waals surface area (Å²) in [5.74, 6) is 1.48. The van der Waals surface area contributed by atoms with E-state index in [1.165, 1.54) is 5.57 Å². The fraction of sp³-hybridized carbons (Fsp3) is 0.636. The van der Waals surface area contributed by atoms with Crippen molar-refractivity contribution < 1.29 is 0 Å². The van der Waals surface area contributed by atoms with Gasteiger partial charge in [0.15, 0.2) is 0 Å². The van der Waals surface area contributed by atoms with Crippen molar-refractivity contribution in [1.29, 1.82) is 0 Å². The molecule has 12 heavy (non-hydrogen) atoms. The molecule has 0 aromatic carbocycles. The van der Waals surface area contributed by atoms with Gasteiger partial charge in [-0.2, -0.15) is 0 Å². The molecular formula is C11H17K. The molecule has 1 unspecified atom stereocenters. The Hall–Kier alpha value is 1.12. The third-order valence-corrected chi connectivity index (χ3v) is 5.80. The Morgan fingerprint density at radius 2 is 1.83 bits per heavy atom. The second-order valence-corrected chi connectivity index (χ2v) is 7.36. The van der Waals surface area contributed by atoms with Crippen molar-refractivity contribution in [2.24, 2.45) is 11.8 Å². The van der Waals surface area contributed by atoms with Gasteiger partial charge in [0, 0.05) is 0 Å². The average molecular weight is 188 g/mol. The van der Waals surface area contributed by atoms with Gasteiger partial charge < -0.3 is 0 Å². The normalized spacial score (nSPS) is 28.8. The van der Waals surface area contributed by atoms with Crippen LogP contribution >= 0.6 is 0 Å². The van der Waals surface area contributed by atoms with Crippen LogP contribution in [0.3, 0.4) is 0 Å². The molecule has 1 aliphatic carbocycles. The maximum absolute atomic E-state index is 2.50. The van der Waals surface area contributed by atoms with Crippen LogP contribution in [-0.4, -0.2) is 49.0 Å². The second kappa shape index (κ2) is 4.10. The quantitative estimate of drug-likeness (QED) is 0.584. The predicted octanol–water partition coefficient (Wildman–Crippen LogP) is 3.12. The number of hydrogen-bond acceptors (Lipinski definition) is 0. The molecule has 0 fully saturated rings. The summed E-state index contributed by atoms with van der Waals surface area (Å²) in [5.41, 5.74) is 1.54. The van der Waals surface area contributed by atoms with Crippen LogP contribution in [0.1, 0.15) is 27.7 Å². The van der Waals surface area contributed by atoms with Crippen LogP contribution < -0.4 is 0 Å². The van der Waals surface area contributed by atoms with E-state index < -0.39 is 0 Å². The molecule has 0 radical (unpaired) electrons. The Labute approximate surface area is 110 Å². The van der Waals surface area contributed by atoms with E-state index in [1.54, 1.807) is 0 Å². The van der Waals surface area contributed by atoms with Crippen LogP contribution in [0.4, 0.5) is 0 Å². The summed E-state index contributed by atoms with van der Waals surface area (Å²) >= 11 is 0.862. The zero-order valence-corrected chi connectivity index (χ0v) is 12.0. The zero-order valence-electron chi connectivity index (χ0n) is 8.89. The van der Waals surface area contributed by atoms with E-state index in [0.29, 0.717) is 5.43 Å². The summed E-state index contributed by atoms with van der Waals surface area (Å²) in [5, 5.41) is 0. The molecule has 0 aliphatic heterocycles. The second-order valence-electron chi connectivity index (χ2n) is 4.65. The summed E-state index contributed by atoms with van der Waals surface area (Å²) in [7, 11) is 0. The summed E-state index contributed by atoms with van der Waals surface area (Å²) < 4.78 is 0.493. The van der Waals surface area contributed by atoms with Crippen molar-refractivity contribution in [3.63, 3.8) is 0 Å². The summed E-state index contributed by atoms with van der Waals surface area (Å²) in [4.78, 5) is 0. The molecule has 0 nitrogen and oxygen atoms in total. The van der Waals surface area contributed by atoms with E-state index in [-0.39, 0.29) is 0 Å². The van der Waals surface area contributed by atoms with Crippen LogP contribution in [0.2, 0.25) is -0.490 Å². The fourth-order valence-corrected chi connectivity index (χ4v) is 2.23. The van der Waals surface area contributed by atoms with E-state index in [9.17, 15) is 0 Å². The van der Waals surface area contributed by atoms with Gasteiger partial charge in [-0.15, -0.1) is 0 Å². The van der Waals surface area contributed by atoms with Gasteiger partial charge in [0.1, 0.15) is 0 Å². The summed E-state index contributed by atoms with van der Waals surface area (Å²) in [6.07, 6.45) is 7.26. The van der Waals surface area contributed by atoms with Gasteiger partial charge in [0.05, 0.1) is 0 Å². The minimum absolute atomic E-state index is 0.493. The fourth-order valence-electron chi connectivity index (χ4n) is 1.45. The molecule has 0 spiro atoms. The molecule has 0 aromatic rings. The maximum atomic E-state index is 2.50. The van der Waals surface area contributed by atoms with Crippen LogP contribution in [0.5, 0.6) is 0 Å². The molecule has 1 atom stereocenters. The first-order valence-corrected chi connectivity index (χ1v) is 6.44. The first-order chi connectivity index (χ1) is 5.46. The summed E-state index contributed by atoms with van der Waals surface area (Å²) in [6, 6.07) is 0. The summed E-state index contributed by atoms with van der Waals surface area (Å²) in [6.45, 7) is 9.20. The van der Waals surface area contributed by atoms with E-state index in [1.807, 2.05) is 0 Å². The van der Waals surface area contributed by atoms with E-state index in [4.69, 9.17) is 0 Å². The molecule has 0 bridgehead atoms. The Morgan fingerprint density at radius 1 is 1.25 bits per heavy atom. The van der Waals surface area contributed by atoms with E-state index in [2.05, 4.69) is 45.9 Å². The third kappa shape index (κ3) is 2.33. The topological polar surface area (TPSA) is 0 Å². The number of allylic oxidation sites excluding steroid dienone is 4. The van der Waals surface area contributed by atoms with Crippen LogP contribution in [0.15, 0.2) is 23.8 Å². The van der Waals surface area contributed by atoms with Gasteiger partial charge in [-0.3, -0.25) is 0 Å². The zero-order chi connectivity index (χ0) is 9.35. The molecule has 0 N–H and O–H groups in total. The first-order valence-electron chi connectivity index (χ1n) is 4.87. The van der Waals surface area contributed by atoms with Crippen molar-refractivity contribution in [3.8, 4) is 0 Å². The van der Waals surface area contributed by atoms with Crippen molar-refractivity contribution in [3.05, 3.63) is 23.8 Å². The van der Waals surface area contributed by atoms with Crippen molar-refractivity contribution in [1.82, 2.24) is 0 Å². The van der Waals surface area contributed by atoms with Gasteiger partial charge in [-0.1, -0.05) is 0 Å². The Kier molecular flexibility index (Phi) is 3.82. The molecule has 1 heteroatoms. The Balaban J connectivity index is 2.84. The van der Waals surface area contributed by atoms with Crippen LogP contribution in [0.25, 0.3) is 0 Å². The molecule has 0 saturated carbocycles. The SMILES string of the molecule is CC(C)C1=C[C]([K])(C(C)C)C=C1. The number of rotatable bonds is 2. The van der Waals surface area contributed by atoms with Gasteiger partial charge in [-0.25, -0.2) is 0 Å². The third-order valence-electron chi connectivity index (χ3n) is 3.02. The molecule has 62 valence electrons. The molecule has 1 aliphatic rings. The van der Waals surface area contributed by atoms with Crippen molar-refractivity contribution in [2.75, 3.05) is 0 Å². The van der Waals surface area contributed by atoms with Crippen molar-refractivity contribution >= 4 is 49.0 Å². The predicted molar refractivity (Wildman–Crippen MR) is 55.3 cm³/mol. The van der Waals surface area contributed by atoms with Crippen molar-refractivity contribution in [2.45, 2.75) is 27.2 Å². The minimum atomic E-state index is 0.493. The van der Waals surface area contributed by atoms with Gasteiger partial charge >= 0.3 is 112 Å². The molecular weight excluding hydrogens is 171 g/mol. The molecule has 1 rings (SSSR count). The Morgan fingerprint density at radius 3 is 2.08 bits per heavy atom. The monoisotopic (exact) mass is 188 g/mol. The molecule has 0 aromatic heterocycles. The van der Waals surface area contributed by atoms with E-state index in [0.717, 1.165) is 54.9 Å². The number of hydrogen-bond donors (Lipinski definition) is 0. The molecule has 0 saturated heterocycles. The van der Waals surface area contributed by atoms with Gasteiger partial charge in [0.2, 0.25) is 0 Å². The van der Waals surface area contributed by atoms with Crippen LogP contribution in [0, 0.1) is 11.8 Å². The van der Waals surface area contributed by atoms with Gasteiger partial charge in [0.25, 0.3) is 0 Å². The molecule has 0 heterocycles. The Bertz CT molecular complexity index is 223. The standard InChI is InChI=1S/C11H17.K/c1-8(2)10-5-6-11(7-10)9(3)4;/h5-9H,1-4H3;. The molecule has 0 amide bonds. The van der Waals surface area contributed by atoms with E-state index >= 15 is 0 Å². The first kappa shape index (κ1) is 11.2. The van der Waals surface area contributed by atoms with Gasteiger partial charge in [-0.05, 0) is 0 Å². The van der Waals surface area contributed by atoms with Crippen LogP contribution in [-0.2, 0) is 0 Å². The average Bonchev–Trinajstić information content (AvgIpc) is 2.33.